The standard InChI is InChI=1S/C12H22N2OS/c1-2-14-6-3-5-13(9-12(14)15)8-11-4-7-16-10-11/h11H,2-10H2,1H3. The minimum Gasteiger partial charge on any atom is -0.342 e. The second-order valence-electron chi connectivity index (χ2n) is 4.79. The van der Waals surface area contributed by atoms with Crippen molar-refractivity contribution in [2.75, 3.05) is 44.2 Å². The van der Waals surface area contributed by atoms with Gasteiger partial charge in [-0.15, -0.1) is 0 Å². The Balaban J connectivity index is 1.83. The third-order valence-corrected chi connectivity index (χ3v) is 4.77. The van der Waals surface area contributed by atoms with Gasteiger partial charge in [0.05, 0.1) is 6.54 Å². The molecule has 0 spiro atoms. The average Bonchev–Trinajstić information content (AvgIpc) is 2.69. The quantitative estimate of drug-likeness (QED) is 0.745. The van der Waals surface area contributed by atoms with Crippen LogP contribution in [0.25, 0.3) is 0 Å². The second kappa shape index (κ2) is 5.92. The monoisotopic (exact) mass is 242 g/mol. The van der Waals surface area contributed by atoms with Crippen LogP contribution in [0.2, 0.25) is 0 Å². The first-order valence-electron chi connectivity index (χ1n) is 6.37. The summed E-state index contributed by atoms with van der Waals surface area (Å²) in [5.74, 6) is 3.76. The fraction of sp³-hybridized carbons (Fsp3) is 0.917. The molecule has 16 heavy (non-hydrogen) atoms. The summed E-state index contributed by atoms with van der Waals surface area (Å²) in [7, 11) is 0. The van der Waals surface area contributed by atoms with E-state index in [4.69, 9.17) is 0 Å². The first kappa shape index (κ1) is 12.2. The normalized spacial score (nSPS) is 28.4. The molecule has 2 aliphatic rings. The molecular formula is C12H22N2OS. The highest BCUT2D eigenvalue weighted by Gasteiger charge is 2.24. The van der Waals surface area contributed by atoms with Crippen molar-refractivity contribution in [1.29, 1.82) is 0 Å². The minimum atomic E-state index is 0.325. The van der Waals surface area contributed by atoms with Gasteiger partial charge in [0.1, 0.15) is 0 Å². The Bertz CT molecular complexity index is 241. The highest BCUT2D eigenvalue weighted by Crippen LogP contribution is 2.24. The van der Waals surface area contributed by atoms with E-state index in [-0.39, 0.29) is 0 Å². The number of amides is 1. The van der Waals surface area contributed by atoms with Crippen LogP contribution >= 0.6 is 11.8 Å². The van der Waals surface area contributed by atoms with E-state index in [1.54, 1.807) is 0 Å². The number of carbonyl (C=O) groups is 1. The van der Waals surface area contributed by atoms with Crippen molar-refractivity contribution in [1.82, 2.24) is 9.80 Å². The Labute approximate surface area is 103 Å². The highest BCUT2D eigenvalue weighted by molar-refractivity contribution is 7.99. The van der Waals surface area contributed by atoms with Gasteiger partial charge in [0.15, 0.2) is 0 Å². The number of hydrogen-bond acceptors (Lipinski definition) is 3. The molecule has 2 heterocycles. The fourth-order valence-electron chi connectivity index (χ4n) is 2.56. The van der Waals surface area contributed by atoms with Crippen LogP contribution in [0.3, 0.4) is 0 Å². The molecule has 2 fully saturated rings. The minimum absolute atomic E-state index is 0.325. The van der Waals surface area contributed by atoms with E-state index >= 15 is 0 Å². The summed E-state index contributed by atoms with van der Waals surface area (Å²) >= 11 is 2.06. The molecule has 0 bridgehead atoms. The van der Waals surface area contributed by atoms with Gasteiger partial charge in [-0.2, -0.15) is 11.8 Å². The van der Waals surface area contributed by atoms with Gasteiger partial charge in [0, 0.05) is 26.2 Å². The molecule has 2 aliphatic heterocycles. The Hall–Kier alpha value is -0.220. The van der Waals surface area contributed by atoms with E-state index in [1.807, 2.05) is 4.90 Å². The summed E-state index contributed by atoms with van der Waals surface area (Å²) in [5.41, 5.74) is 0. The number of likely N-dealkylation sites (N-methyl/N-ethyl adjacent to an activating group) is 1. The van der Waals surface area contributed by atoms with Crippen molar-refractivity contribution in [2.24, 2.45) is 5.92 Å². The molecule has 0 aromatic heterocycles. The van der Waals surface area contributed by atoms with Crippen LogP contribution in [0.1, 0.15) is 19.8 Å². The van der Waals surface area contributed by atoms with E-state index in [1.165, 1.54) is 17.9 Å². The maximum Gasteiger partial charge on any atom is 0.236 e. The van der Waals surface area contributed by atoms with E-state index in [9.17, 15) is 4.79 Å². The summed E-state index contributed by atoms with van der Waals surface area (Å²) in [4.78, 5) is 16.3. The van der Waals surface area contributed by atoms with E-state index < -0.39 is 0 Å². The molecule has 4 heteroatoms. The van der Waals surface area contributed by atoms with Gasteiger partial charge in [-0.1, -0.05) is 0 Å². The predicted molar refractivity (Wildman–Crippen MR) is 68.7 cm³/mol. The van der Waals surface area contributed by atoms with Crippen molar-refractivity contribution in [3.8, 4) is 0 Å². The van der Waals surface area contributed by atoms with E-state index in [0.717, 1.165) is 38.5 Å². The maximum atomic E-state index is 11.9. The third-order valence-electron chi connectivity index (χ3n) is 3.54. The molecule has 1 unspecified atom stereocenters. The van der Waals surface area contributed by atoms with Gasteiger partial charge in [-0.3, -0.25) is 9.69 Å². The average molecular weight is 242 g/mol. The van der Waals surface area contributed by atoms with Gasteiger partial charge in [0.25, 0.3) is 0 Å². The Kier molecular flexibility index (Phi) is 4.53. The van der Waals surface area contributed by atoms with Crippen molar-refractivity contribution in [2.45, 2.75) is 19.8 Å². The molecule has 3 nitrogen and oxygen atoms in total. The smallest absolute Gasteiger partial charge is 0.236 e. The number of rotatable bonds is 3. The largest absolute Gasteiger partial charge is 0.342 e. The van der Waals surface area contributed by atoms with Crippen molar-refractivity contribution in [3.05, 3.63) is 0 Å². The number of hydrogen-bond donors (Lipinski definition) is 0. The summed E-state index contributed by atoms with van der Waals surface area (Å²) in [6.07, 6.45) is 2.48. The lowest BCUT2D eigenvalue weighted by Gasteiger charge is -2.23. The first-order valence-corrected chi connectivity index (χ1v) is 7.53. The van der Waals surface area contributed by atoms with Crippen LogP contribution in [-0.2, 0) is 4.79 Å². The van der Waals surface area contributed by atoms with Gasteiger partial charge in [-0.25, -0.2) is 0 Å². The molecule has 0 radical (unpaired) electrons. The SMILES string of the molecule is CCN1CCCN(CC2CCSC2)CC1=O. The van der Waals surface area contributed by atoms with Gasteiger partial charge in [0.2, 0.25) is 5.91 Å². The Morgan fingerprint density at radius 2 is 2.31 bits per heavy atom. The fourth-order valence-corrected chi connectivity index (χ4v) is 3.84. The maximum absolute atomic E-state index is 11.9. The Morgan fingerprint density at radius 3 is 3.00 bits per heavy atom. The van der Waals surface area contributed by atoms with Crippen LogP contribution in [0.4, 0.5) is 0 Å². The van der Waals surface area contributed by atoms with Crippen LogP contribution in [-0.4, -0.2) is 59.9 Å². The number of nitrogens with zero attached hydrogens (tertiary/aromatic N) is 2. The molecule has 0 aromatic rings. The van der Waals surface area contributed by atoms with Crippen molar-refractivity contribution >= 4 is 17.7 Å². The predicted octanol–water partition coefficient (Wildman–Crippen LogP) is 1.29. The van der Waals surface area contributed by atoms with Crippen molar-refractivity contribution in [3.63, 3.8) is 0 Å². The third kappa shape index (κ3) is 3.14. The lowest BCUT2D eigenvalue weighted by Crippen LogP contribution is -2.38. The lowest BCUT2D eigenvalue weighted by atomic mass is 10.1. The van der Waals surface area contributed by atoms with Crippen LogP contribution in [0.5, 0.6) is 0 Å². The molecule has 1 atom stereocenters. The van der Waals surface area contributed by atoms with Crippen LogP contribution < -0.4 is 0 Å². The zero-order chi connectivity index (χ0) is 11.4. The second-order valence-corrected chi connectivity index (χ2v) is 5.94. The lowest BCUT2D eigenvalue weighted by molar-refractivity contribution is -0.131. The molecule has 0 aliphatic carbocycles. The topological polar surface area (TPSA) is 23.6 Å². The highest BCUT2D eigenvalue weighted by atomic mass is 32.2. The first-order chi connectivity index (χ1) is 7.79. The number of thioether (sulfide) groups is 1. The van der Waals surface area contributed by atoms with Gasteiger partial charge >= 0.3 is 0 Å². The summed E-state index contributed by atoms with van der Waals surface area (Å²) < 4.78 is 0. The molecule has 92 valence electrons. The van der Waals surface area contributed by atoms with Crippen molar-refractivity contribution < 1.29 is 4.79 Å². The molecule has 1 amide bonds. The molecule has 0 aromatic carbocycles. The van der Waals surface area contributed by atoms with Crippen LogP contribution in [0.15, 0.2) is 0 Å². The zero-order valence-corrected chi connectivity index (χ0v) is 11.0. The summed E-state index contributed by atoms with van der Waals surface area (Å²) in [6, 6.07) is 0. The molecule has 0 N–H and O–H groups in total. The molecular weight excluding hydrogens is 220 g/mol. The van der Waals surface area contributed by atoms with Crippen LogP contribution in [0, 0.1) is 5.92 Å². The van der Waals surface area contributed by atoms with Gasteiger partial charge in [-0.05, 0) is 37.2 Å². The Morgan fingerprint density at radius 1 is 1.44 bits per heavy atom. The van der Waals surface area contributed by atoms with E-state index in [2.05, 4.69) is 23.6 Å². The zero-order valence-electron chi connectivity index (χ0n) is 10.2. The van der Waals surface area contributed by atoms with E-state index in [0.29, 0.717) is 12.5 Å². The molecule has 2 saturated heterocycles. The number of carbonyl (C=O) groups excluding carboxylic acids is 1. The molecule has 0 saturated carbocycles. The van der Waals surface area contributed by atoms with Gasteiger partial charge < -0.3 is 4.90 Å². The summed E-state index contributed by atoms with van der Waals surface area (Å²) in [5, 5.41) is 0. The summed E-state index contributed by atoms with van der Waals surface area (Å²) in [6.45, 7) is 6.77. The molecule has 2 rings (SSSR count).